The largest absolute Gasteiger partial charge is 0.389 e. The van der Waals surface area contributed by atoms with E-state index in [9.17, 15) is 5.11 Å². The molecule has 0 bridgehead atoms. The molecule has 132 valence electrons. The molecule has 2 aromatic rings. The van der Waals surface area contributed by atoms with E-state index in [2.05, 4.69) is 0 Å². The van der Waals surface area contributed by atoms with E-state index in [0.29, 0.717) is 6.61 Å². The first-order chi connectivity index (χ1) is 12.3. The highest BCUT2D eigenvalue weighted by Crippen LogP contribution is 2.40. The highest BCUT2D eigenvalue weighted by molar-refractivity contribution is 5.24. The molecular formula is C20H22O5. The lowest BCUT2D eigenvalue weighted by atomic mass is 9.85. The van der Waals surface area contributed by atoms with Crippen LogP contribution in [0.5, 0.6) is 0 Å². The molecule has 0 aromatic heterocycles. The van der Waals surface area contributed by atoms with E-state index in [4.69, 9.17) is 18.9 Å². The zero-order chi connectivity index (χ0) is 17.2. The summed E-state index contributed by atoms with van der Waals surface area (Å²) >= 11 is 0. The van der Waals surface area contributed by atoms with E-state index < -0.39 is 24.8 Å². The van der Waals surface area contributed by atoms with Crippen LogP contribution in [0.25, 0.3) is 0 Å². The van der Waals surface area contributed by atoms with Crippen molar-refractivity contribution in [1.29, 1.82) is 0 Å². The number of aliphatic hydroxyl groups excluding tert-OH is 1. The van der Waals surface area contributed by atoms with Gasteiger partial charge in [-0.25, -0.2) is 0 Å². The lowest BCUT2D eigenvalue weighted by Crippen LogP contribution is -2.58. The molecule has 5 nitrogen and oxygen atoms in total. The Kier molecular flexibility index (Phi) is 4.83. The van der Waals surface area contributed by atoms with E-state index in [0.717, 1.165) is 11.1 Å². The first-order valence-corrected chi connectivity index (χ1v) is 8.51. The number of rotatable bonds is 3. The summed E-state index contributed by atoms with van der Waals surface area (Å²) in [6.07, 6.45) is -2.63. The lowest BCUT2D eigenvalue weighted by Gasteiger charge is -2.47. The maximum absolute atomic E-state index is 11.0. The molecule has 2 aliphatic heterocycles. The Morgan fingerprint density at radius 1 is 0.920 bits per heavy atom. The van der Waals surface area contributed by atoms with Crippen LogP contribution in [0.3, 0.4) is 0 Å². The molecule has 2 heterocycles. The Bertz CT molecular complexity index is 677. The van der Waals surface area contributed by atoms with Crippen LogP contribution in [0.4, 0.5) is 0 Å². The Morgan fingerprint density at radius 2 is 1.56 bits per heavy atom. The second-order valence-corrected chi connectivity index (χ2v) is 6.38. The van der Waals surface area contributed by atoms with Crippen molar-refractivity contribution in [2.75, 3.05) is 13.7 Å². The van der Waals surface area contributed by atoms with Gasteiger partial charge in [0, 0.05) is 12.7 Å². The lowest BCUT2D eigenvalue weighted by molar-refractivity contribution is -0.340. The predicted molar refractivity (Wildman–Crippen MR) is 90.9 cm³/mol. The van der Waals surface area contributed by atoms with Crippen molar-refractivity contribution in [1.82, 2.24) is 0 Å². The molecule has 5 heteroatoms. The van der Waals surface area contributed by atoms with Gasteiger partial charge in [-0.05, 0) is 5.56 Å². The molecule has 0 saturated carbocycles. The molecule has 2 saturated heterocycles. The fourth-order valence-electron chi connectivity index (χ4n) is 3.60. The van der Waals surface area contributed by atoms with Gasteiger partial charge in [0.1, 0.15) is 12.2 Å². The highest BCUT2D eigenvalue weighted by Gasteiger charge is 2.49. The Hall–Kier alpha value is -1.76. The van der Waals surface area contributed by atoms with Crippen LogP contribution in [0.15, 0.2) is 60.7 Å². The number of benzene rings is 2. The van der Waals surface area contributed by atoms with Crippen molar-refractivity contribution >= 4 is 0 Å². The monoisotopic (exact) mass is 342 g/mol. The molecule has 1 N–H and O–H groups in total. The summed E-state index contributed by atoms with van der Waals surface area (Å²) in [7, 11) is 1.59. The highest BCUT2D eigenvalue weighted by atomic mass is 16.7. The maximum Gasteiger partial charge on any atom is 0.184 e. The zero-order valence-corrected chi connectivity index (χ0v) is 14.0. The van der Waals surface area contributed by atoms with Gasteiger partial charge in [-0.15, -0.1) is 0 Å². The Morgan fingerprint density at radius 3 is 2.20 bits per heavy atom. The maximum atomic E-state index is 11.0. The summed E-state index contributed by atoms with van der Waals surface area (Å²) in [5.41, 5.74) is 1.89. The number of ether oxygens (including phenoxy) is 4. The van der Waals surface area contributed by atoms with E-state index in [-0.39, 0.29) is 12.0 Å². The SMILES string of the molecule is CO[C@H]1O[C@@H]2CO[C@@H](c3ccccc3)O[C@H]2[C@H](O)[C@H]1c1ccccc1. The van der Waals surface area contributed by atoms with Gasteiger partial charge >= 0.3 is 0 Å². The van der Waals surface area contributed by atoms with Crippen molar-refractivity contribution in [3.8, 4) is 0 Å². The second-order valence-electron chi connectivity index (χ2n) is 6.38. The molecular weight excluding hydrogens is 320 g/mol. The van der Waals surface area contributed by atoms with Crippen molar-refractivity contribution in [2.45, 2.75) is 36.8 Å². The standard InChI is InChI=1S/C20H22O5/c1-22-20-16(13-8-4-2-5-9-13)17(21)18-15(24-20)12-23-19(25-18)14-10-6-3-7-11-14/h2-11,15-21H,12H2,1H3/t15-,16-,17-,18-,19-,20+/m1/s1. The molecule has 6 atom stereocenters. The summed E-state index contributed by atoms with van der Waals surface area (Å²) < 4.78 is 23.4. The molecule has 0 unspecified atom stereocenters. The van der Waals surface area contributed by atoms with E-state index in [1.807, 2.05) is 60.7 Å². The molecule has 2 aliphatic rings. The molecule has 2 fully saturated rings. The van der Waals surface area contributed by atoms with Gasteiger partial charge < -0.3 is 24.1 Å². The first-order valence-electron chi connectivity index (χ1n) is 8.51. The van der Waals surface area contributed by atoms with Gasteiger partial charge in [0.2, 0.25) is 0 Å². The molecule has 0 amide bonds. The average Bonchev–Trinajstić information content (AvgIpc) is 2.69. The molecule has 4 rings (SSSR count). The summed E-state index contributed by atoms with van der Waals surface area (Å²) in [6, 6.07) is 19.5. The first kappa shape index (κ1) is 16.7. The quantitative estimate of drug-likeness (QED) is 0.929. The van der Waals surface area contributed by atoms with Crippen molar-refractivity contribution in [3.05, 3.63) is 71.8 Å². The van der Waals surface area contributed by atoms with Gasteiger partial charge in [0.25, 0.3) is 0 Å². The van der Waals surface area contributed by atoms with Crippen LogP contribution in [-0.2, 0) is 18.9 Å². The number of hydrogen-bond acceptors (Lipinski definition) is 5. The zero-order valence-electron chi connectivity index (χ0n) is 14.0. The van der Waals surface area contributed by atoms with Crippen molar-refractivity contribution < 1.29 is 24.1 Å². The second kappa shape index (κ2) is 7.23. The fourth-order valence-corrected chi connectivity index (χ4v) is 3.60. The van der Waals surface area contributed by atoms with Gasteiger partial charge in [0.05, 0.1) is 18.6 Å². The van der Waals surface area contributed by atoms with Crippen LogP contribution in [0, 0.1) is 0 Å². The molecule has 0 spiro atoms. The average molecular weight is 342 g/mol. The summed E-state index contributed by atoms with van der Waals surface area (Å²) in [6.45, 7) is 0.350. The Labute approximate surface area is 147 Å². The minimum absolute atomic E-state index is 0.318. The Balaban J connectivity index is 1.59. The molecule has 0 radical (unpaired) electrons. The van der Waals surface area contributed by atoms with E-state index in [1.54, 1.807) is 7.11 Å². The smallest absolute Gasteiger partial charge is 0.184 e. The van der Waals surface area contributed by atoms with Gasteiger partial charge in [0.15, 0.2) is 12.6 Å². The van der Waals surface area contributed by atoms with Gasteiger partial charge in [-0.3, -0.25) is 0 Å². The number of fused-ring (bicyclic) bond motifs is 1. The fraction of sp³-hybridized carbons (Fsp3) is 0.400. The number of aliphatic hydroxyl groups is 1. The minimum Gasteiger partial charge on any atom is -0.389 e. The van der Waals surface area contributed by atoms with E-state index >= 15 is 0 Å². The van der Waals surface area contributed by atoms with Crippen LogP contribution in [0.1, 0.15) is 23.3 Å². The van der Waals surface area contributed by atoms with Crippen LogP contribution >= 0.6 is 0 Å². The van der Waals surface area contributed by atoms with Crippen molar-refractivity contribution in [2.24, 2.45) is 0 Å². The molecule has 2 aromatic carbocycles. The predicted octanol–water partition coefficient (Wildman–Crippen LogP) is 2.62. The van der Waals surface area contributed by atoms with Crippen LogP contribution < -0.4 is 0 Å². The number of methoxy groups -OCH3 is 1. The minimum atomic E-state index is -0.749. The third-order valence-corrected chi connectivity index (χ3v) is 4.85. The topological polar surface area (TPSA) is 57.2 Å². The summed E-state index contributed by atoms with van der Waals surface area (Å²) in [5.74, 6) is -0.318. The van der Waals surface area contributed by atoms with E-state index in [1.165, 1.54) is 0 Å². The molecule has 0 aliphatic carbocycles. The molecule has 25 heavy (non-hydrogen) atoms. The van der Waals surface area contributed by atoms with Crippen LogP contribution in [0.2, 0.25) is 0 Å². The summed E-state index contributed by atoms with van der Waals surface area (Å²) in [5, 5.41) is 11.0. The normalized spacial score (nSPS) is 35.1. The third-order valence-electron chi connectivity index (χ3n) is 4.85. The van der Waals surface area contributed by atoms with Gasteiger partial charge in [-0.1, -0.05) is 60.7 Å². The summed E-state index contributed by atoms with van der Waals surface area (Å²) in [4.78, 5) is 0. The van der Waals surface area contributed by atoms with Crippen molar-refractivity contribution in [3.63, 3.8) is 0 Å². The number of hydrogen-bond donors (Lipinski definition) is 1. The van der Waals surface area contributed by atoms with Crippen LogP contribution in [-0.4, -0.2) is 43.4 Å². The van der Waals surface area contributed by atoms with Gasteiger partial charge in [-0.2, -0.15) is 0 Å². The third kappa shape index (κ3) is 3.21.